The highest BCUT2D eigenvalue weighted by Gasteiger charge is 2.27. The molecule has 0 unspecified atom stereocenters. The van der Waals surface area contributed by atoms with E-state index in [0.29, 0.717) is 0 Å². The van der Waals surface area contributed by atoms with Gasteiger partial charge in [-0.05, 0) is 25.0 Å². The molecule has 100 valence electrons. The van der Waals surface area contributed by atoms with E-state index in [1.165, 1.54) is 11.1 Å². The van der Waals surface area contributed by atoms with Crippen LogP contribution in [0.25, 0.3) is 0 Å². The molecule has 0 saturated heterocycles. The molecule has 0 N–H and O–H groups in total. The maximum absolute atomic E-state index is 4.88. The summed E-state index contributed by atoms with van der Waals surface area (Å²) >= 11 is 0. The van der Waals surface area contributed by atoms with Gasteiger partial charge in [0.15, 0.2) is 0 Å². The minimum Gasteiger partial charge on any atom is -0.277 e. The standard InChI is InChI=1S/C18H18N2/c1-13-14(2)20-18(16-11-7-4-8-12-16)17(19-13)15-9-5-3-6-10-15/h3-12,17-18H,1-2H3/t17-,18-/m0/s1. The van der Waals surface area contributed by atoms with Crippen molar-refractivity contribution < 1.29 is 0 Å². The van der Waals surface area contributed by atoms with Crippen molar-refractivity contribution in [2.24, 2.45) is 9.98 Å². The maximum Gasteiger partial charge on any atom is 0.102 e. The summed E-state index contributed by atoms with van der Waals surface area (Å²) in [5.74, 6) is 0. The molecule has 0 aromatic heterocycles. The molecule has 1 heterocycles. The molecule has 2 atom stereocenters. The van der Waals surface area contributed by atoms with Crippen LogP contribution >= 0.6 is 0 Å². The van der Waals surface area contributed by atoms with Crippen LogP contribution in [0.3, 0.4) is 0 Å². The first kappa shape index (κ1) is 12.8. The molecule has 2 heteroatoms. The van der Waals surface area contributed by atoms with Gasteiger partial charge in [-0.25, -0.2) is 0 Å². The van der Waals surface area contributed by atoms with Crippen LogP contribution in [0.2, 0.25) is 0 Å². The molecule has 0 fully saturated rings. The minimum atomic E-state index is 0.0716. The molecule has 0 aliphatic carbocycles. The molecule has 0 saturated carbocycles. The fourth-order valence-corrected chi connectivity index (χ4v) is 2.56. The largest absolute Gasteiger partial charge is 0.277 e. The van der Waals surface area contributed by atoms with Gasteiger partial charge in [-0.2, -0.15) is 0 Å². The van der Waals surface area contributed by atoms with Gasteiger partial charge >= 0.3 is 0 Å². The van der Waals surface area contributed by atoms with Gasteiger partial charge in [-0.15, -0.1) is 0 Å². The Morgan fingerprint density at radius 2 is 0.950 bits per heavy atom. The predicted octanol–water partition coefficient (Wildman–Crippen LogP) is 4.40. The smallest absolute Gasteiger partial charge is 0.102 e. The summed E-state index contributed by atoms with van der Waals surface area (Å²) in [6, 6.07) is 21.0. The lowest BCUT2D eigenvalue weighted by molar-refractivity contribution is 0.573. The predicted molar refractivity (Wildman–Crippen MR) is 84.6 cm³/mol. The van der Waals surface area contributed by atoms with E-state index in [4.69, 9.17) is 9.98 Å². The van der Waals surface area contributed by atoms with E-state index < -0.39 is 0 Å². The Balaban J connectivity index is 2.06. The molecule has 0 amide bonds. The van der Waals surface area contributed by atoms with Crippen molar-refractivity contribution in [2.45, 2.75) is 25.9 Å². The van der Waals surface area contributed by atoms with Crippen LogP contribution in [0.1, 0.15) is 37.1 Å². The van der Waals surface area contributed by atoms with Gasteiger partial charge in [-0.1, -0.05) is 60.7 Å². The molecule has 2 aromatic carbocycles. The quantitative estimate of drug-likeness (QED) is 0.766. The molecular formula is C18H18N2. The molecule has 3 rings (SSSR count). The van der Waals surface area contributed by atoms with Crippen molar-refractivity contribution in [3.63, 3.8) is 0 Å². The molecule has 0 bridgehead atoms. The Hall–Kier alpha value is -2.22. The summed E-state index contributed by atoms with van der Waals surface area (Å²) in [6.45, 7) is 4.08. The molecular weight excluding hydrogens is 244 g/mol. The van der Waals surface area contributed by atoms with E-state index in [1.807, 2.05) is 26.0 Å². The van der Waals surface area contributed by atoms with Crippen LogP contribution < -0.4 is 0 Å². The molecule has 20 heavy (non-hydrogen) atoms. The van der Waals surface area contributed by atoms with Crippen LogP contribution in [-0.4, -0.2) is 11.4 Å². The second kappa shape index (κ2) is 5.41. The average Bonchev–Trinajstić information content (AvgIpc) is 2.51. The summed E-state index contributed by atoms with van der Waals surface area (Å²) < 4.78 is 0. The molecule has 1 aliphatic rings. The summed E-state index contributed by atoms with van der Waals surface area (Å²) in [4.78, 5) is 9.75. The fourth-order valence-electron chi connectivity index (χ4n) is 2.56. The second-order valence-corrected chi connectivity index (χ2v) is 5.14. The van der Waals surface area contributed by atoms with Crippen LogP contribution in [0.5, 0.6) is 0 Å². The van der Waals surface area contributed by atoms with Gasteiger partial charge in [0.2, 0.25) is 0 Å². The van der Waals surface area contributed by atoms with Crippen LogP contribution in [0, 0.1) is 0 Å². The highest BCUT2D eigenvalue weighted by Crippen LogP contribution is 2.37. The van der Waals surface area contributed by atoms with E-state index in [0.717, 1.165) is 11.4 Å². The topological polar surface area (TPSA) is 24.7 Å². The van der Waals surface area contributed by atoms with Gasteiger partial charge in [-0.3, -0.25) is 9.98 Å². The van der Waals surface area contributed by atoms with Crippen molar-refractivity contribution in [3.05, 3.63) is 71.8 Å². The molecule has 1 aliphatic heterocycles. The van der Waals surface area contributed by atoms with E-state index >= 15 is 0 Å². The van der Waals surface area contributed by atoms with Gasteiger partial charge in [0.05, 0.1) is 11.4 Å². The van der Waals surface area contributed by atoms with Gasteiger partial charge in [0.1, 0.15) is 12.1 Å². The molecule has 2 aromatic rings. The van der Waals surface area contributed by atoms with E-state index in [2.05, 4.69) is 48.5 Å². The number of rotatable bonds is 2. The maximum atomic E-state index is 4.88. The van der Waals surface area contributed by atoms with E-state index in [-0.39, 0.29) is 12.1 Å². The molecule has 0 radical (unpaired) electrons. The number of hydrogen-bond donors (Lipinski definition) is 0. The zero-order valence-corrected chi connectivity index (χ0v) is 11.8. The third-order valence-corrected chi connectivity index (χ3v) is 3.77. The van der Waals surface area contributed by atoms with Crippen LogP contribution in [0.15, 0.2) is 70.6 Å². The SMILES string of the molecule is CC1=N[C@@H](c2ccccc2)[C@H](c2ccccc2)N=C1C. The van der Waals surface area contributed by atoms with Crippen molar-refractivity contribution >= 4 is 11.4 Å². The van der Waals surface area contributed by atoms with Gasteiger partial charge < -0.3 is 0 Å². The summed E-state index contributed by atoms with van der Waals surface area (Å²) in [5.41, 5.74) is 4.51. The van der Waals surface area contributed by atoms with Crippen LogP contribution in [-0.2, 0) is 0 Å². The number of aliphatic imine (C=N–C) groups is 2. The van der Waals surface area contributed by atoms with Crippen molar-refractivity contribution in [3.8, 4) is 0 Å². The van der Waals surface area contributed by atoms with Crippen molar-refractivity contribution in [1.29, 1.82) is 0 Å². The summed E-state index contributed by atoms with van der Waals surface area (Å²) in [5, 5.41) is 0. The Morgan fingerprint density at radius 1 is 0.600 bits per heavy atom. The summed E-state index contributed by atoms with van der Waals surface area (Å²) in [7, 11) is 0. The van der Waals surface area contributed by atoms with Crippen molar-refractivity contribution in [2.75, 3.05) is 0 Å². The number of nitrogens with zero attached hydrogens (tertiary/aromatic N) is 2. The van der Waals surface area contributed by atoms with Crippen molar-refractivity contribution in [1.82, 2.24) is 0 Å². The Kier molecular flexibility index (Phi) is 3.46. The lowest BCUT2D eigenvalue weighted by Gasteiger charge is -2.27. The monoisotopic (exact) mass is 262 g/mol. The van der Waals surface area contributed by atoms with E-state index in [9.17, 15) is 0 Å². The van der Waals surface area contributed by atoms with E-state index in [1.54, 1.807) is 0 Å². The summed E-state index contributed by atoms with van der Waals surface area (Å²) in [6.07, 6.45) is 0. The normalized spacial score (nSPS) is 22.1. The number of hydrogen-bond acceptors (Lipinski definition) is 2. The number of benzene rings is 2. The third kappa shape index (κ3) is 2.42. The average molecular weight is 262 g/mol. The first-order valence-electron chi connectivity index (χ1n) is 6.95. The zero-order chi connectivity index (χ0) is 13.9. The van der Waals surface area contributed by atoms with Gasteiger partial charge in [0.25, 0.3) is 0 Å². The Morgan fingerprint density at radius 3 is 1.30 bits per heavy atom. The first-order valence-corrected chi connectivity index (χ1v) is 6.95. The zero-order valence-electron chi connectivity index (χ0n) is 11.8. The lowest BCUT2D eigenvalue weighted by atomic mass is 9.92. The Labute approximate surface area is 119 Å². The molecule has 0 spiro atoms. The third-order valence-electron chi connectivity index (χ3n) is 3.77. The first-order chi connectivity index (χ1) is 9.75. The highest BCUT2D eigenvalue weighted by molar-refractivity contribution is 6.41. The fraction of sp³-hybridized carbons (Fsp3) is 0.222. The highest BCUT2D eigenvalue weighted by atomic mass is 15.0. The second-order valence-electron chi connectivity index (χ2n) is 5.14. The van der Waals surface area contributed by atoms with Gasteiger partial charge in [0, 0.05) is 0 Å². The lowest BCUT2D eigenvalue weighted by Crippen LogP contribution is -2.20. The molecule has 2 nitrogen and oxygen atoms in total. The van der Waals surface area contributed by atoms with Crippen LogP contribution in [0.4, 0.5) is 0 Å². The Bertz CT molecular complexity index is 582. The minimum absolute atomic E-state index is 0.0716.